The van der Waals surface area contributed by atoms with E-state index in [1.807, 2.05) is 6.20 Å². The molecule has 0 aliphatic rings. The summed E-state index contributed by atoms with van der Waals surface area (Å²) in [5, 5.41) is 1.23. The molecule has 2 aromatic rings. The number of nitrogens with one attached hydrogen (secondary N) is 1. The minimum atomic E-state index is 0.124. The molecule has 0 amide bonds. The highest BCUT2D eigenvalue weighted by molar-refractivity contribution is 5.79. The summed E-state index contributed by atoms with van der Waals surface area (Å²) in [5.74, 6) is 0. The van der Waals surface area contributed by atoms with E-state index in [-0.39, 0.29) is 6.04 Å². The van der Waals surface area contributed by atoms with Crippen LogP contribution < -0.4 is 11.5 Å². The quantitative estimate of drug-likeness (QED) is 0.673. The summed E-state index contributed by atoms with van der Waals surface area (Å²) in [6.07, 6.45) is 5.11. The van der Waals surface area contributed by atoms with E-state index in [2.05, 4.69) is 29.2 Å². The fourth-order valence-corrected chi connectivity index (χ4v) is 1.97. The molecule has 5 N–H and O–H groups in total. The van der Waals surface area contributed by atoms with Crippen LogP contribution in [0.1, 0.15) is 30.9 Å². The van der Waals surface area contributed by atoms with Crippen molar-refractivity contribution in [2.24, 2.45) is 11.5 Å². The van der Waals surface area contributed by atoms with Crippen molar-refractivity contribution < 1.29 is 0 Å². The smallest absolute Gasteiger partial charge is 0.0457 e. The number of aromatic nitrogens is 1. The number of hydrogen-bond donors (Lipinski definition) is 3. The number of rotatable bonds is 5. The highest BCUT2D eigenvalue weighted by atomic mass is 14.7. The van der Waals surface area contributed by atoms with Gasteiger partial charge < -0.3 is 16.5 Å². The summed E-state index contributed by atoms with van der Waals surface area (Å²) in [6, 6.07) is 8.56. The Balaban J connectivity index is 2.07. The number of H-pyrrole nitrogens is 1. The molecule has 0 fully saturated rings. The summed E-state index contributed by atoms with van der Waals surface area (Å²) >= 11 is 0. The summed E-state index contributed by atoms with van der Waals surface area (Å²) in [6.45, 7) is 0.752. The molecule has 3 nitrogen and oxygen atoms in total. The molecule has 3 heteroatoms. The van der Waals surface area contributed by atoms with Crippen LogP contribution in [0.4, 0.5) is 0 Å². The van der Waals surface area contributed by atoms with Crippen LogP contribution in [0.3, 0.4) is 0 Å². The Morgan fingerprint density at radius 1 is 1.19 bits per heavy atom. The molecule has 16 heavy (non-hydrogen) atoms. The molecule has 0 unspecified atom stereocenters. The molecule has 1 aromatic carbocycles. The maximum absolute atomic E-state index is 6.14. The van der Waals surface area contributed by atoms with E-state index in [9.17, 15) is 0 Å². The minimum absolute atomic E-state index is 0.124. The molecule has 0 saturated carbocycles. The molecule has 2 rings (SSSR count). The molecule has 1 aromatic heterocycles. The second kappa shape index (κ2) is 5.14. The maximum Gasteiger partial charge on any atom is 0.0457 e. The van der Waals surface area contributed by atoms with Gasteiger partial charge in [-0.2, -0.15) is 0 Å². The van der Waals surface area contributed by atoms with E-state index in [0.29, 0.717) is 0 Å². The molecule has 86 valence electrons. The highest BCUT2D eigenvalue weighted by Gasteiger charge is 2.06. The maximum atomic E-state index is 6.14. The van der Waals surface area contributed by atoms with Crippen LogP contribution in [0, 0.1) is 0 Å². The lowest BCUT2D eigenvalue weighted by molar-refractivity contribution is 0.591. The predicted octanol–water partition coefficient (Wildman–Crippen LogP) is 2.30. The second-order valence-electron chi connectivity index (χ2n) is 4.22. The standard InChI is InChI=1S/C13H19N3/c14-7-2-1-3-12(15)11-5-4-10-6-8-16-13(10)9-11/h4-6,8-9,12,16H,1-3,7,14-15H2/t12-/m1/s1. The van der Waals surface area contributed by atoms with Gasteiger partial charge in [-0.05, 0) is 42.5 Å². The van der Waals surface area contributed by atoms with Gasteiger partial charge in [0.15, 0.2) is 0 Å². The zero-order chi connectivity index (χ0) is 11.4. The van der Waals surface area contributed by atoms with Crippen LogP contribution in [0.15, 0.2) is 30.5 Å². The van der Waals surface area contributed by atoms with Gasteiger partial charge in [-0.1, -0.05) is 18.6 Å². The zero-order valence-electron chi connectivity index (χ0n) is 9.45. The second-order valence-corrected chi connectivity index (χ2v) is 4.22. The lowest BCUT2D eigenvalue weighted by atomic mass is 10.0. The van der Waals surface area contributed by atoms with Crippen LogP contribution in [0.5, 0.6) is 0 Å². The van der Waals surface area contributed by atoms with Crippen molar-refractivity contribution in [3.63, 3.8) is 0 Å². The van der Waals surface area contributed by atoms with Gasteiger partial charge in [-0.3, -0.25) is 0 Å². The van der Waals surface area contributed by atoms with E-state index in [1.165, 1.54) is 10.9 Å². The largest absolute Gasteiger partial charge is 0.361 e. The fourth-order valence-electron chi connectivity index (χ4n) is 1.97. The van der Waals surface area contributed by atoms with Crippen molar-refractivity contribution in [2.45, 2.75) is 25.3 Å². The van der Waals surface area contributed by atoms with Crippen molar-refractivity contribution in [1.29, 1.82) is 0 Å². The summed E-state index contributed by atoms with van der Waals surface area (Å²) in [7, 11) is 0. The van der Waals surface area contributed by atoms with Crippen LogP contribution in [0.2, 0.25) is 0 Å². The average Bonchev–Trinajstić information content (AvgIpc) is 2.76. The van der Waals surface area contributed by atoms with Gasteiger partial charge in [0.25, 0.3) is 0 Å². The summed E-state index contributed by atoms with van der Waals surface area (Å²) in [5.41, 5.74) is 14.0. The number of aromatic amines is 1. The minimum Gasteiger partial charge on any atom is -0.361 e. The first kappa shape index (κ1) is 11.2. The first-order valence-electron chi connectivity index (χ1n) is 5.84. The van der Waals surface area contributed by atoms with Crippen molar-refractivity contribution in [2.75, 3.05) is 6.54 Å². The zero-order valence-corrected chi connectivity index (χ0v) is 9.45. The molecule has 0 aliphatic carbocycles. The fraction of sp³-hybridized carbons (Fsp3) is 0.385. The lowest BCUT2D eigenvalue weighted by Crippen LogP contribution is -2.11. The molecule has 0 spiro atoms. The summed E-state index contributed by atoms with van der Waals surface area (Å²) < 4.78 is 0. The first-order valence-corrected chi connectivity index (χ1v) is 5.84. The van der Waals surface area contributed by atoms with E-state index < -0.39 is 0 Å². The Morgan fingerprint density at radius 3 is 2.88 bits per heavy atom. The first-order chi connectivity index (χ1) is 7.81. The van der Waals surface area contributed by atoms with Crippen LogP contribution in [0.25, 0.3) is 10.9 Å². The lowest BCUT2D eigenvalue weighted by Gasteiger charge is -2.11. The van der Waals surface area contributed by atoms with Gasteiger partial charge in [-0.15, -0.1) is 0 Å². The van der Waals surface area contributed by atoms with Crippen LogP contribution in [-0.2, 0) is 0 Å². The SMILES string of the molecule is NCCCC[C@@H](N)c1ccc2cc[nH]c2c1. The Hall–Kier alpha value is -1.32. The number of nitrogens with two attached hydrogens (primary N) is 2. The van der Waals surface area contributed by atoms with Gasteiger partial charge in [0.1, 0.15) is 0 Å². The van der Waals surface area contributed by atoms with Crippen molar-refractivity contribution in [1.82, 2.24) is 4.98 Å². The Labute approximate surface area is 95.8 Å². The molecule has 0 radical (unpaired) electrons. The van der Waals surface area contributed by atoms with Gasteiger partial charge >= 0.3 is 0 Å². The third-order valence-electron chi connectivity index (χ3n) is 2.98. The van der Waals surface area contributed by atoms with E-state index in [1.54, 1.807) is 0 Å². The molecule has 1 heterocycles. The van der Waals surface area contributed by atoms with Crippen LogP contribution >= 0.6 is 0 Å². The average molecular weight is 217 g/mol. The van der Waals surface area contributed by atoms with Crippen molar-refractivity contribution in [3.05, 3.63) is 36.0 Å². The number of benzene rings is 1. The van der Waals surface area contributed by atoms with Gasteiger partial charge in [0.2, 0.25) is 0 Å². The monoisotopic (exact) mass is 217 g/mol. The summed E-state index contributed by atoms with van der Waals surface area (Å²) in [4.78, 5) is 3.21. The topological polar surface area (TPSA) is 67.8 Å². The Bertz CT molecular complexity index is 447. The molecule has 0 saturated heterocycles. The van der Waals surface area contributed by atoms with Crippen molar-refractivity contribution in [3.8, 4) is 0 Å². The number of fused-ring (bicyclic) bond motifs is 1. The third kappa shape index (κ3) is 2.43. The predicted molar refractivity (Wildman–Crippen MR) is 68.1 cm³/mol. The van der Waals surface area contributed by atoms with Crippen LogP contribution in [-0.4, -0.2) is 11.5 Å². The van der Waals surface area contributed by atoms with E-state index >= 15 is 0 Å². The molecular formula is C13H19N3. The molecule has 1 atom stereocenters. The van der Waals surface area contributed by atoms with Gasteiger partial charge in [0.05, 0.1) is 0 Å². The van der Waals surface area contributed by atoms with E-state index in [0.717, 1.165) is 31.3 Å². The van der Waals surface area contributed by atoms with E-state index in [4.69, 9.17) is 11.5 Å². The van der Waals surface area contributed by atoms with Crippen molar-refractivity contribution >= 4 is 10.9 Å². The molecular weight excluding hydrogens is 198 g/mol. The van der Waals surface area contributed by atoms with Gasteiger partial charge in [0, 0.05) is 17.8 Å². The Kier molecular flexibility index (Phi) is 3.59. The highest BCUT2D eigenvalue weighted by Crippen LogP contribution is 2.21. The number of hydrogen-bond acceptors (Lipinski definition) is 2. The Morgan fingerprint density at radius 2 is 2.06 bits per heavy atom. The number of unbranched alkanes of at least 4 members (excludes halogenated alkanes) is 1. The van der Waals surface area contributed by atoms with Gasteiger partial charge in [-0.25, -0.2) is 0 Å². The molecule has 0 aliphatic heterocycles. The third-order valence-corrected chi connectivity index (χ3v) is 2.98. The molecule has 0 bridgehead atoms. The normalized spacial score (nSPS) is 13.1.